The van der Waals surface area contributed by atoms with Gasteiger partial charge in [0.15, 0.2) is 0 Å². The lowest BCUT2D eigenvalue weighted by molar-refractivity contribution is -0.137. The van der Waals surface area contributed by atoms with Gasteiger partial charge in [-0.25, -0.2) is 4.98 Å². The number of piperazine rings is 1. The molecular formula is C23H25F3N4O. The molecule has 1 aromatic carbocycles. The summed E-state index contributed by atoms with van der Waals surface area (Å²) in [4.78, 5) is 24.1. The quantitative estimate of drug-likeness (QED) is 0.730. The normalized spacial score (nSPS) is 23.5. The highest BCUT2D eigenvalue weighted by atomic mass is 19.4. The molecule has 5 nitrogen and oxygen atoms in total. The number of alkyl halides is 3. The van der Waals surface area contributed by atoms with Gasteiger partial charge in [-0.1, -0.05) is 6.07 Å². The monoisotopic (exact) mass is 430 g/mol. The third kappa shape index (κ3) is 3.72. The standard InChI is InChI=1S/C23H25F3N4O/c24-23(25,26)17-6-7-19-16(13-17)14-18(22(31)28-9-3-4-10-28)20-15-29(11-12-30(19)20)21-5-1-2-8-27-21/h1-2,5-8,13,18,20H,3-4,9-12,14-15H2/t18-,20-/m1/s1. The van der Waals surface area contributed by atoms with Gasteiger partial charge in [0.1, 0.15) is 5.82 Å². The summed E-state index contributed by atoms with van der Waals surface area (Å²) < 4.78 is 40.0. The van der Waals surface area contributed by atoms with E-state index < -0.39 is 11.7 Å². The third-order valence-corrected chi connectivity index (χ3v) is 6.75. The van der Waals surface area contributed by atoms with Crippen LogP contribution in [0.4, 0.5) is 24.7 Å². The molecule has 4 heterocycles. The number of hydrogen-bond acceptors (Lipinski definition) is 4. The summed E-state index contributed by atoms with van der Waals surface area (Å²) >= 11 is 0. The van der Waals surface area contributed by atoms with Gasteiger partial charge in [0.25, 0.3) is 0 Å². The molecule has 0 radical (unpaired) electrons. The van der Waals surface area contributed by atoms with Crippen LogP contribution in [-0.2, 0) is 17.4 Å². The van der Waals surface area contributed by atoms with E-state index in [1.807, 2.05) is 23.1 Å². The number of rotatable bonds is 2. The second kappa shape index (κ2) is 7.73. The Bertz CT molecular complexity index is 959. The summed E-state index contributed by atoms with van der Waals surface area (Å²) in [5.74, 6) is 0.576. The van der Waals surface area contributed by atoms with Gasteiger partial charge >= 0.3 is 6.18 Å². The number of carbonyl (C=O) groups excluding carboxylic acids is 1. The maximum atomic E-state index is 13.4. The number of fused-ring (bicyclic) bond motifs is 3. The van der Waals surface area contributed by atoms with Gasteiger partial charge in [-0.3, -0.25) is 4.79 Å². The van der Waals surface area contributed by atoms with E-state index in [1.165, 1.54) is 6.07 Å². The highest BCUT2D eigenvalue weighted by Gasteiger charge is 2.44. The van der Waals surface area contributed by atoms with Gasteiger partial charge in [-0.2, -0.15) is 13.2 Å². The minimum Gasteiger partial charge on any atom is -0.364 e. The summed E-state index contributed by atoms with van der Waals surface area (Å²) in [5.41, 5.74) is 0.795. The van der Waals surface area contributed by atoms with Crippen LogP contribution in [0.15, 0.2) is 42.6 Å². The van der Waals surface area contributed by atoms with Crippen LogP contribution in [0.1, 0.15) is 24.0 Å². The Hall–Kier alpha value is -2.77. The van der Waals surface area contributed by atoms with E-state index in [9.17, 15) is 18.0 Å². The number of hydrogen-bond donors (Lipinski definition) is 0. The van der Waals surface area contributed by atoms with Gasteiger partial charge in [-0.15, -0.1) is 0 Å². The Morgan fingerprint density at radius 2 is 1.84 bits per heavy atom. The van der Waals surface area contributed by atoms with Crippen LogP contribution in [-0.4, -0.2) is 54.6 Å². The first-order valence-corrected chi connectivity index (χ1v) is 10.8. The van der Waals surface area contributed by atoms with Crippen LogP contribution in [0.2, 0.25) is 0 Å². The lowest BCUT2D eigenvalue weighted by atomic mass is 9.82. The van der Waals surface area contributed by atoms with Crippen LogP contribution >= 0.6 is 0 Å². The van der Waals surface area contributed by atoms with E-state index in [2.05, 4.69) is 14.8 Å². The fraction of sp³-hybridized carbons (Fsp3) is 0.478. The largest absolute Gasteiger partial charge is 0.416 e. The van der Waals surface area contributed by atoms with Crippen molar-refractivity contribution in [3.63, 3.8) is 0 Å². The van der Waals surface area contributed by atoms with Crippen molar-refractivity contribution in [3.8, 4) is 0 Å². The molecule has 3 aliphatic rings. The Labute approximate surface area is 179 Å². The van der Waals surface area contributed by atoms with Crippen molar-refractivity contribution in [1.29, 1.82) is 0 Å². The van der Waals surface area contributed by atoms with E-state index in [1.54, 1.807) is 12.3 Å². The SMILES string of the molecule is O=C([C@@H]1Cc2cc(C(F)(F)F)ccc2N2CCN(c3ccccn3)C[C@H]12)N1CCCC1. The average molecular weight is 430 g/mol. The molecule has 31 heavy (non-hydrogen) atoms. The zero-order chi connectivity index (χ0) is 21.6. The fourth-order valence-corrected chi connectivity index (χ4v) is 5.20. The van der Waals surface area contributed by atoms with E-state index >= 15 is 0 Å². The fourth-order valence-electron chi connectivity index (χ4n) is 5.20. The van der Waals surface area contributed by atoms with Crippen LogP contribution < -0.4 is 9.80 Å². The number of likely N-dealkylation sites (tertiary alicyclic amines) is 1. The number of nitrogens with zero attached hydrogens (tertiary/aromatic N) is 4. The molecule has 0 aliphatic carbocycles. The van der Waals surface area contributed by atoms with Gasteiger partial charge in [-0.05, 0) is 55.2 Å². The lowest BCUT2D eigenvalue weighted by Crippen LogP contribution is -2.61. The number of carbonyl (C=O) groups is 1. The third-order valence-electron chi connectivity index (χ3n) is 6.75. The molecule has 164 valence electrons. The Kier molecular flexibility index (Phi) is 5.02. The topological polar surface area (TPSA) is 39.7 Å². The summed E-state index contributed by atoms with van der Waals surface area (Å²) in [6.45, 7) is 3.45. The summed E-state index contributed by atoms with van der Waals surface area (Å²) in [5, 5.41) is 0. The first kappa shape index (κ1) is 20.2. The predicted octanol–water partition coefficient (Wildman–Crippen LogP) is 3.59. The first-order valence-electron chi connectivity index (χ1n) is 10.8. The van der Waals surface area contributed by atoms with Gasteiger partial charge in [0, 0.05) is 44.6 Å². The van der Waals surface area contributed by atoms with E-state index in [-0.39, 0.29) is 17.9 Å². The van der Waals surface area contributed by atoms with Gasteiger partial charge in [0.05, 0.1) is 17.5 Å². The molecule has 0 bridgehead atoms. The van der Waals surface area contributed by atoms with Crippen molar-refractivity contribution in [2.45, 2.75) is 31.5 Å². The molecular weight excluding hydrogens is 405 g/mol. The zero-order valence-electron chi connectivity index (χ0n) is 17.2. The molecule has 3 aliphatic heterocycles. The first-order chi connectivity index (χ1) is 14.9. The Morgan fingerprint density at radius 1 is 1.03 bits per heavy atom. The van der Waals surface area contributed by atoms with Crippen molar-refractivity contribution in [2.24, 2.45) is 5.92 Å². The zero-order valence-corrected chi connectivity index (χ0v) is 17.2. The van der Waals surface area contributed by atoms with Crippen LogP contribution in [0.5, 0.6) is 0 Å². The van der Waals surface area contributed by atoms with E-state index in [0.29, 0.717) is 31.6 Å². The van der Waals surface area contributed by atoms with E-state index in [4.69, 9.17) is 0 Å². The number of anilines is 2. The molecule has 2 fully saturated rings. The molecule has 0 spiro atoms. The number of benzene rings is 1. The summed E-state index contributed by atoms with van der Waals surface area (Å²) in [6, 6.07) is 9.65. The van der Waals surface area contributed by atoms with Crippen molar-refractivity contribution in [2.75, 3.05) is 42.5 Å². The molecule has 2 saturated heterocycles. The molecule has 1 amide bonds. The number of amides is 1. The molecule has 2 aromatic rings. The highest BCUT2D eigenvalue weighted by Crippen LogP contribution is 2.40. The van der Waals surface area contributed by atoms with Crippen molar-refractivity contribution in [1.82, 2.24) is 9.88 Å². The summed E-state index contributed by atoms with van der Waals surface area (Å²) in [7, 11) is 0. The predicted molar refractivity (Wildman–Crippen MR) is 112 cm³/mol. The van der Waals surface area contributed by atoms with Gasteiger partial charge in [0.2, 0.25) is 5.91 Å². The molecule has 0 unspecified atom stereocenters. The van der Waals surface area contributed by atoms with Gasteiger partial charge < -0.3 is 14.7 Å². The second-order valence-electron chi connectivity index (χ2n) is 8.58. The van der Waals surface area contributed by atoms with Crippen molar-refractivity contribution in [3.05, 3.63) is 53.7 Å². The van der Waals surface area contributed by atoms with Crippen molar-refractivity contribution >= 4 is 17.4 Å². The van der Waals surface area contributed by atoms with Crippen molar-refractivity contribution < 1.29 is 18.0 Å². The molecule has 8 heteroatoms. The smallest absolute Gasteiger partial charge is 0.364 e. The molecule has 0 saturated carbocycles. The van der Waals surface area contributed by atoms with Crippen LogP contribution in [0.25, 0.3) is 0 Å². The molecule has 1 aromatic heterocycles. The maximum absolute atomic E-state index is 13.4. The molecule has 0 N–H and O–H groups in total. The van der Waals surface area contributed by atoms with E-state index in [0.717, 1.165) is 43.5 Å². The lowest BCUT2D eigenvalue weighted by Gasteiger charge is -2.50. The molecule has 2 atom stereocenters. The number of halogens is 3. The Morgan fingerprint density at radius 3 is 2.55 bits per heavy atom. The minimum atomic E-state index is -4.39. The Balaban J connectivity index is 1.50. The van der Waals surface area contributed by atoms with Crippen LogP contribution in [0.3, 0.4) is 0 Å². The maximum Gasteiger partial charge on any atom is 0.416 e. The highest BCUT2D eigenvalue weighted by molar-refractivity contribution is 5.82. The number of aromatic nitrogens is 1. The summed E-state index contributed by atoms with van der Waals surface area (Å²) in [6.07, 6.45) is -0.323. The second-order valence-corrected chi connectivity index (χ2v) is 8.58. The minimum absolute atomic E-state index is 0.0680. The van der Waals surface area contributed by atoms with Crippen LogP contribution in [0, 0.1) is 5.92 Å². The number of pyridine rings is 1. The molecule has 5 rings (SSSR count). The average Bonchev–Trinajstić information content (AvgIpc) is 3.32.